The number of aromatic nitrogens is 1. The summed E-state index contributed by atoms with van der Waals surface area (Å²) < 4.78 is 12.6. The number of aliphatic hydroxyl groups is 1. The number of rotatable bonds is 5. The highest BCUT2D eigenvalue weighted by molar-refractivity contribution is 6.31. The van der Waals surface area contributed by atoms with E-state index in [-0.39, 0.29) is 25.4 Å². The quantitative estimate of drug-likeness (QED) is 0.621. The Morgan fingerprint density at radius 1 is 1.26 bits per heavy atom. The monoisotopic (exact) mass is 464 g/mol. The number of ether oxygens (including phenoxy) is 1. The molecule has 1 saturated heterocycles. The van der Waals surface area contributed by atoms with Gasteiger partial charge in [-0.1, -0.05) is 29.3 Å². The first kappa shape index (κ1) is 21.7. The van der Waals surface area contributed by atoms with E-state index in [1.807, 2.05) is 0 Å². The maximum Gasteiger partial charge on any atom is 0.419 e. The Kier molecular flexibility index (Phi) is 6.01. The first-order chi connectivity index (χ1) is 14.7. The van der Waals surface area contributed by atoms with E-state index in [2.05, 4.69) is 0 Å². The van der Waals surface area contributed by atoms with Gasteiger partial charge in [-0.05, 0) is 43.7 Å². The molecule has 1 amide bonds. The molecule has 31 heavy (non-hydrogen) atoms. The van der Waals surface area contributed by atoms with Crippen LogP contribution in [0.2, 0.25) is 10.0 Å². The summed E-state index contributed by atoms with van der Waals surface area (Å²) >= 11 is 12.0. The molecule has 1 aliphatic heterocycles. The largest absolute Gasteiger partial charge is 0.486 e. The first-order valence-corrected chi connectivity index (χ1v) is 10.7. The van der Waals surface area contributed by atoms with Gasteiger partial charge in [-0.25, -0.2) is 4.79 Å². The number of oxazole rings is 1. The third-order valence-electron chi connectivity index (χ3n) is 5.57. The third-order valence-corrected chi connectivity index (χ3v) is 6.04. The molecule has 164 valence electrons. The molecule has 0 saturated carbocycles. The Morgan fingerprint density at radius 3 is 2.81 bits per heavy atom. The zero-order chi connectivity index (χ0) is 22.2. The maximum absolute atomic E-state index is 12.9. The lowest BCUT2D eigenvalue weighted by Gasteiger charge is -2.42. The fourth-order valence-corrected chi connectivity index (χ4v) is 4.07. The molecule has 0 aliphatic carbocycles. The predicted molar refractivity (Wildman–Crippen MR) is 118 cm³/mol. The van der Waals surface area contributed by atoms with E-state index in [1.54, 1.807) is 54.3 Å². The molecular weight excluding hydrogens is 443 g/mol. The number of carbonyl (C=O) groups is 1. The van der Waals surface area contributed by atoms with Crippen LogP contribution in [0.5, 0.6) is 5.75 Å². The van der Waals surface area contributed by atoms with Gasteiger partial charge in [-0.15, -0.1) is 0 Å². The van der Waals surface area contributed by atoms with Crippen LogP contribution in [0, 0.1) is 0 Å². The summed E-state index contributed by atoms with van der Waals surface area (Å²) in [4.78, 5) is 26.7. The molecular formula is C22H22Cl2N2O5. The van der Waals surface area contributed by atoms with Gasteiger partial charge in [0.1, 0.15) is 17.5 Å². The van der Waals surface area contributed by atoms with Crippen molar-refractivity contribution in [3.8, 4) is 5.75 Å². The molecule has 2 heterocycles. The fraction of sp³-hybridized carbons (Fsp3) is 0.364. The van der Waals surface area contributed by atoms with E-state index in [1.165, 1.54) is 4.57 Å². The van der Waals surface area contributed by atoms with Crippen LogP contribution in [-0.2, 0) is 11.3 Å². The fourth-order valence-electron chi connectivity index (χ4n) is 3.72. The summed E-state index contributed by atoms with van der Waals surface area (Å²) in [6, 6.07) is 11.9. The Hall–Kier alpha value is -2.48. The van der Waals surface area contributed by atoms with Gasteiger partial charge in [0.25, 0.3) is 0 Å². The van der Waals surface area contributed by atoms with Crippen LogP contribution in [0.15, 0.2) is 51.7 Å². The van der Waals surface area contributed by atoms with Gasteiger partial charge >= 0.3 is 5.76 Å². The molecule has 0 radical (unpaired) electrons. The minimum atomic E-state index is -1.09. The number of carbonyl (C=O) groups excluding carboxylic acids is 1. The van der Waals surface area contributed by atoms with E-state index in [4.69, 9.17) is 32.4 Å². The second kappa shape index (κ2) is 8.57. The highest BCUT2D eigenvalue weighted by Crippen LogP contribution is 2.28. The van der Waals surface area contributed by atoms with Crippen LogP contribution in [0.25, 0.3) is 11.1 Å². The molecule has 1 N–H and O–H groups in total. The van der Waals surface area contributed by atoms with Crippen molar-refractivity contribution in [1.29, 1.82) is 0 Å². The van der Waals surface area contributed by atoms with Crippen LogP contribution in [0.4, 0.5) is 0 Å². The lowest BCUT2D eigenvalue weighted by atomic mass is 9.90. The van der Waals surface area contributed by atoms with E-state index < -0.39 is 17.5 Å². The van der Waals surface area contributed by atoms with Crippen LogP contribution >= 0.6 is 23.2 Å². The zero-order valence-corrected chi connectivity index (χ0v) is 18.4. The molecule has 0 spiro atoms. The van der Waals surface area contributed by atoms with Gasteiger partial charge in [0.2, 0.25) is 5.91 Å². The van der Waals surface area contributed by atoms with Crippen molar-refractivity contribution >= 4 is 40.2 Å². The van der Waals surface area contributed by atoms with Crippen molar-refractivity contribution in [2.24, 2.45) is 0 Å². The SMILES string of the molecule is C[C@]1(O)CCN(C(=O)CCn2c(=O)oc3cc(Cl)ccc32)C[C@@H]1Oc1cccc(Cl)c1. The lowest BCUT2D eigenvalue weighted by Crippen LogP contribution is -2.57. The summed E-state index contributed by atoms with van der Waals surface area (Å²) in [7, 11) is 0. The van der Waals surface area contributed by atoms with Crippen molar-refractivity contribution in [2.45, 2.75) is 38.0 Å². The normalized spacial score (nSPS) is 21.4. The summed E-state index contributed by atoms with van der Waals surface area (Å²) in [6.45, 7) is 2.51. The lowest BCUT2D eigenvalue weighted by molar-refractivity contribution is -0.143. The summed E-state index contributed by atoms with van der Waals surface area (Å²) in [5.41, 5.74) is -0.115. The predicted octanol–water partition coefficient (Wildman–Crippen LogP) is 3.72. The molecule has 2 aromatic carbocycles. The van der Waals surface area contributed by atoms with Crippen molar-refractivity contribution < 1.29 is 19.1 Å². The first-order valence-electron chi connectivity index (χ1n) is 9.94. The number of hydrogen-bond acceptors (Lipinski definition) is 5. The molecule has 0 unspecified atom stereocenters. The van der Waals surface area contributed by atoms with Crippen LogP contribution < -0.4 is 10.5 Å². The van der Waals surface area contributed by atoms with E-state index >= 15 is 0 Å². The molecule has 3 aromatic rings. The Balaban J connectivity index is 1.44. The maximum atomic E-state index is 12.9. The van der Waals surface area contributed by atoms with E-state index in [0.717, 1.165) is 0 Å². The van der Waals surface area contributed by atoms with Gasteiger partial charge in [0.05, 0.1) is 12.1 Å². The summed E-state index contributed by atoms with van der Waals surface area (Å²) in [5.74, 6) is -0.138. The van der Waals surface area contributed by atoms with Gasteiger partial charge in [0, 0.05) is 35.6 Å². The van der Waals surface area contributed by atoms with Gasteiger partial charge in [0.15, 0.2) is 5.58 Å². The van der Waals surface area contributed by atoms with Crippen LogP contribution in [0.1, 0.15) is 19.8 Å². The van der Waals surface area contributed by atoms with Crippen molar-refractivity contribution in [3.05, 3.63) is 63.1 Å². The Morgan fingerprint density at radius 2 is 2.03 bits per heavy atom. The molecule has 7 nitrogen and oxygen atoms in total. The molecule has 0 bridgehead atoms. The number of halogens is 2. The van der Waals surface area contributed by atoms with Crippen molar-refractivity contribution in [1.82, 2.24) is 9.47 Å². The number of fused-ring (bicyclic) bond motifs is 1. The highest BCUT2D eigenvalue weighted by Gasteiger charge is 2.40. The summed E-state index contributed by atoms with van der Waals surface area (Å²) in [5, 5.41) is 11.8. The number of hydrogen-bond donors (Lipinski definition) is 1. The van der Waals surface area contributed by atoms with Gasteiger partial charge in [-0.2, -0.15) is 0 Å². The van der Waals surface area contributed by atoms with Gasteiger partial charge < -0.3 is 19.2 Å². The minimum absolute atomic E-state index is 0.114. The zero-order valence-electron chi connectivity index (χ0n) is 16.9. The third kappa shape index (κ3) is 4.74. The van der Waals surface area contributed by atoms with E-state index in [9.17, 15) is 14.7 Å². The molecule has 1 fully saturated rings. The van der Waals surface area contributed by atoms with Crippen LogP contribution in [0.3, 0.4) is 0 Å². The smallest absolute Gasteiger partial charge is 0.419 e. The number of aryl methyl sites for hydroxylation is 1. The van der Waals surface area contributed by atoms with E-state index in [0.29, 0.717) is 39.9 Å². The molecule has 9 heteroatoms. The average molecular weight is 465 g/mol. The molecule has 1 aliphatic rings. The average Bonchev–Trinajstić information content (AvgIpc) is 3.01. The number of benzene rings is 2. The second-order valence-electron chi connectivity index (χ2n) is 7.89. The number of likely N-dealkylation sites (tertiary alicyclic amines) is 1. The number of nitrogens with zero attached hydrogens (tertiary/aromatic N) is 2. The number of amides is 1. The standard InChI is InChI=1S/C22H22Cl2N2O5/c1-22(29)8-10-25(13-19(22)30-16-4-2-3-14(23)11-16)20(27)7-9-26-17-6-5-15(24)12-18(17)31-21(26)28/h2-6,11-12,19,29H,7-10,13H2,1H3/t19-,22-/m0/s1. The Bertz CT molecular complexity index is 1170. The van der Waals surface area contributed by atoms with Crippen LogP contribution in [-0.4, -0.2) is 45.3 Å². The minimum Gasteiger partial charge on any atom is -0.486 e. The summed E-state index contributed by atoms with van der Waals surface area (Å²) in [6.07, 6.45) is -0.122. The Labute approximate surface area is 188 Å². The van der Waals surface area contributed by atoms with Gasteiger partial charge in [-0.3, -0.25) is 9.36 Å². The molecule has 4 rings (SSSR count). The number of piperidine rings is 1. The molecule has 2 atom stereocenters. The van der Waals surface area contributed by atoms with Crippen molar-refractivity contribution in [3.63, 3.8) is 0 Å². The topological polar surface area (TPSA) is 84.9 Å². The van der Waals surface area contributed by atoms with Crippen molar-refractivity contribution in [2.75, 3.05) is 13.1 Å². The second-order valence-corrected chi connectivity index (χ2v) is 8.77. The highest BCUT2D eigenvalue weighted by atomic mass is 35.5. The molecule has 1 aromatic heterocycles.